The SMILES string of the molecule is Nn1cnnc1S[C@H]1Cc2ccc(F)c(C(=O)O)c2OB1O. The molecular weight excluding hydrogens is 314 g/mol. The highest BCUT2D eigenvalue weighted by molar-refractivity contribution is 8.01. The molecule has 1 aliphatic heterocycles. The maximum Gasteiger partial charge on any atom is 0.537 e. The number of nitrogen functional groups attached to an aromatic ring is 1. The average Bonchev–Trinajstić information content (AvgIpc) is 2.85. The van der Waals surface area contributed by atoms with E-state index in [1.807, 2.05) is 0 Å². The molecule has 0 saturated carbocycles. The molecule has 0 radical (unpaired) electrons. The van der Waals surface area contributed by atoms with Crippen LogP contribution in [-0.4, -0.2) is 43.2 Å². The zero-order chi connectivity index (χ0) is 15.9. The molecule has 0 unspecified atom stereocenters. The molecule has 0 saturated heterocycles. The Kier molecular flexibility index (Phi) is 3.67. The number of nitrogens with zero attached hydrogens (tertiary/aromatic N) is 3. The molecule has 3 rings (SSSR count). The predicted octanol–water partition coefficient (Wildman–Crippen LogP) is -0.0553. The van der Waals surface area contributed by atoms with Gasteiger partial charge in [-0.15, -0.1) is 10.2 Å². The van der Waals surface area contributed by atoms with E-state index < -0.39 is 29.6 Å². The quantitative estimate of drug-likeness (QED) is 0.530. The Bertz CT molecular complexity index is 743. The first-order chi connectivity index (χ1) is 10.5. The van der Waals surface area contributed by atoms with Crippen molar-refractivity contribution < 1.29 is 24.0 Å². The number of aromatic carboxylic acids is 1. The summed E-state index contributed by atoms with van der Waals surface area (Å²) in [5.74, 6) is 3.09. The van der Waals surface area contributed by atoms with Crippen molar-refractivity contribution in [2.75, 3.05) is 5.84 Å². The van der Waals surface area contributed by atoms with Crippen LogP contribution in [0.3, 0.4) is 0 Å². The molecule has 1 aromatic heterocycles. The first-order valence-corrected chi connectivity index (χ1v) is 7.06. The summed E-state index contributed by atoms with van der Waals surface area (Å²) in [6.07, 6.45) is 1.58. The van der Waals surface area contributed by atoms with Gasteiger partial charge in [0.15, 0.2) is 0 Å². The number of hydrogen-bond acceptors (Lipinski definition) is 7. The summed E-state index contributed by atoms with van der Waals surface area (Å²) in [5.41, 5.74) is -0.0910. The first kappa shape index (κ1) is 14.7. The van der Waals surface area contributed by atoms with Gasteiger partial charge < -0.3 is 20.6 Å². The third-order valence-electron chi connectivity index (χ3n) is 3.18. The molecule has 0 fully saturated rings. The summed E-state index contributed by atoms with van der Waals surface area (Å²) in [6, 6.07) is 2.50. The second-order valence-electron chi connectivity index (χ2n) is 4.61. The Morgan fingerprint density at radius 3 is 3.00 bits per heavy atom. The highest BCUT2D eigenvalue weighted by Crippen LogP contribution is 2.36. The fourth-order valence-corrected chi connectivity index (χ4v) is 3.13. The van der Waals surface area contributed by atoms with Crippen LogP contribution in [0.15, 0.2) is 23.6 Å². The van der Waals surface area contributed by atoms with Crippen molar-refractivity contribution in [2.24, 2.45) is 0 Å². The molecule has 1 atom stereocenters. The zero-order valence-electron chi connectivity index (χ0n) is 11.0. The molecule has 2 heterocycles. The van der Waals surface area contributed by atoms with Gasteiger partial charge in [-0.05, 0) is 18.1 Å². The second kappa shape index (κ2) is 5.50. The summed E-state index contributed by atoms with van der Waals surface area (Å²) in [7, 11) is -1.32. The van der Waals surface area contributed by atoms with Crippen LogP contribution in [0.4, 0.5) is 4.39 Å². The van der Waals surface area contributed by atoms with Crippen LogP contribution < -0.4 is 10.5 Å². The number of aromatic nitrogens is 3. The Balaban J connectivity index is 1.91. The van der Waals surface area contributed by atoms with Gasteiger partial charge in [0.25, 0.3) is 0 Å². The number of thioether (sulfide) groups is 1. The predicted molar refractivity (Wildman–Crippen MR) is 75.5 cm³/mol. The number of carbonyl (C=O) groups is 1. The molecule has 0 amide bonds. The molecule has 0 aliphatic carbocycles. The Morgan fingerprint density at radius 1 is 1.59 bits per heavy atom. The van der Waals surface area contributed by atoms with Crippen LogP contribution >= 0.6 is 11.8 Å². The number of benzene rings is 1. The van der Waals surface area contributed by atoms with Gasteiger partial charge in [-0.3, -0.25) is 0 Å². The van der Waals surface area contributed by atoms with Crippen LogP contribution in [0.25, 0.3) is 0 Å². The molecule has 114 valence electrons. The highest BCUT2D eigenvalue weighted by Gasteiger charge is 2.39. The lowest BCUT2D eigenvalue weighted by atomic mass is 9.77. The van der Waals surface area contributed by atoms with Crippen LogP contribution in [0.1, 0.15) is 15.9 Å². The van der Waals surface area contributed by atoms with Gasteiger partial charge in [0, 0.05) is 0 Å². The maximum absolute atomic E-state index is 13.6. The normalized spacial score (nSPS) is 17.0. The van der Waals surface area contributed by atoms with Crippen molar-refractivity contribution >= 4 is 24.8 Å². The number of halogens is 1. The molecule has 22 heavy (non-hydrogen) atoms. The van der Waals surface area contributed by atoms with Crippen LogP contribution in [0, 0.1) is 5.82 Å². The molecule has 8 nitrogen and oxygen atoms in total. The molecule has 2 aromatic rings. The summed E-state index contributed by atoms with van der Waals surface area (Å²) in [6.45, 7) is 0. The van der Waals surface area contributed by atoms with Crippen molar-refractivity contribution in [2.45, 2.75) is 16.7 Å². The van der Waals surface area contributed by atoms with E-state index in [1.165, 1.54) is 17.1 Å². The van der Waals surface area contributed by atoms with E-state index in [4.69, 9.17) is 15.6 Å². The molecule has 0 spiro atoms. The summed E-state index contributed by atoms with van der Waals surface area (Å²) >= 11 is 1.14. The van der Waals surface area contributed by atoms with E-state index in [-0.39, 0.29) is 12.2 Å². The molecule has 1 aliphatic rings. The van der Waals surface area contributed by atoms with Crippen molar-refractivity contribution in [1.29, 1.82) is 0 Å². The van der Waals surface area contributed by atoms with Crippen molar-refractivity contribution in [3.05, 3.63) is 35.4 Å². The summed E-state index contributed by atoms with van der Waals surface area (Å²) in [5, 5.41) is 26.4. The Labute approximate surface area is 128 Å². The highest BCUT2D eigenvalue weighted by atomic mass is 32.2. The largest absolute Gasteiger partial charge is 0.537 e. The van der Waals surface area contributed by atoms with Crippen molar-refractivity contribution in [3.63, 3.8) is 0 Å². The second-order valence-corrected chi connectivity index (χ2v) is 5.81. The third-order valence-corrected chi connectivity index (χ3v) is 4.38. The molecule has 0 bridgehead atoms. The summed E-state index contributed by atoms with van der Waals surface area (Å²) in [4.78, 5) is 11.1. The van der Waals surface area contributed by atoms with Gasteiger partial charge in [0.2, 0.25) is 5.16 Å². The number of rotatable bonds is 3. The van der Waals surface area contributed by atoms with Gasteiger partial charge in [-0.1, -0.05) is 17.8 Å². The van der Waals surface area contributed by atoms with E-state index in [1.54, 1.807) is 0 Å². The minimum atomic E-state index is -1.45. The van der Waals surface area contributed by atoms with Crippen LogP contribution in [0.5, 0.6) is 5.75 Å². The lowest BCUT2D eigenvalue weighted by Gasteiger charge is -2.27. The molecule has 1 aromatic carbocycles. The van der Waals surface area contributed by atoms with Gasteiger partial charge >= 0.3 is 13.1 Å². The fraction of sp³-hybridized carbons (Fsp3) is 0.182. The van der Waals surface area contributed by atoms with Crippen LogP contribution in [-0.2, 0) is 6.42 Å². The zero-order valence-corrected chi connectivity index (χ0v) is 11.8. The van der Waals surface area contributed by atoms with E-state index in [2.05, 4.69) is 10.2 Å². The minimum Gasteiger partial charge on any atom is -0.535 e. The molecule has 4 N–H and O–H groups in total. The lowest BCUT2D eigenvalue weighted by molar-refractivity contribution is 0.0689. The van der Waals surface area contributed by atoms with Crippen molar-refractivity contribution in [3.8, 4) is 5.75 Å². The van der Waals surface area contributed by atoms with Gasteiger partial charge in [-0.2, -0.15) is 0 Å². The van der Waals surface area contributed by atoms with E-state index in [9.17, 15) is 14.2 Å². The number of carboxylic acids is 1. The van der Waals surface area contributed by atoms with E-state index in [0.29, 0.717) is 10.7 Å². The summed E-state index contributed by atoms with van der Waals surface area (Å²) < 4.78 is 20.0. The molecule has 11 heteroatoms. The fourth-order valence-electron chi connectivity index (χ4n) is 2.16. The van der Waals surface area contributed by atoms with Gasteiger partial charge in [0.1, 0.15) is 23.5 Å². The number of nitrogens with two attached hydrogens (primary N) is 1. The number of carboxylic acid groups (broad SMARTS) is 1. The number of fused-ring (bicyclic) bond motifs is 1. The Morgan fingerprint density at radius 2 is 2.36 bits per heavy atom. The number of hydrogen-bond donors (Lipinski definition) is 3. The van der Waals surface area contributed by atoms with Gasteiger partial charge in [-0.25, -0.2) is 13.9 Å². The monoisotopic (exact) mass is 324 g/mol. The van der Waals surface area contributed by atoms with Crippen molar-refractivity contribution in [1.82, 2.24) is 14.9 Å². The third kappa shape index (κ3) is 2.48. The average molecular weight is 324 g/mol. The molecular formula is C11H10BFN4O4S. The maximum atomic E-state index is 13.6. The Hall–Kier alpha value is -2.27. The van der Waals surface area contributed by atoms with Gasteiger partial charge in [0.05, 0.1) is 5.15 Å². The minimum absolute atomic E-state index is 0.147. The van der Waals surface area contributed by atoms with E-state index >= 15 is 0 Å². The first-order valence-electron chi connectivity index (χ1n) is 6.18. The smallest absolute Gasteiger partial charge is 0.535 e. The van der Waals surface area contributed by atoms with Crippen LogP contribution in [0.2, 0.25) is 0 Å². The van der Waals surface area contributed by atoms with E-state index in [0.717, 1.165) is 17.8 Å². The lowest BCUT2D eigenvalue weighted by Crippen LogP contribution is -2.41. The topological polar surface area (TPSA) is 123 Å². The standard InChI is InChI=1S/C11H10BFN4O4S/c13-6-2-1-5-3-7(22-11-16-15-4-17(11)14)12(20)21-9(5)8(6)10(18)19/h1-2,4,7,20H,3,14H2,(H,18,19)/t7-/m0/s1.